The minimum Gasteiger partial charge on any atom is -0.467 e. The Morgan fingerprint density at radius 1 is 1.31 bits per heavy atom. The number of rotatable bonds is 3. The van der Waals surface area contributed by atoms with Gasteiger partial charge < -0.3 is 18.9 Å². The quantitative estimate of drug-likeness (QED) is 0.273. The Bertz CT molecular complexity index is 1060. The van der Waals surface area contributed by atoms with E-state index < -0.39 is 11.3 Å². The number of ether oxygens (including phenoxy) is 4. The maximum absolute atomic E-state index is 12.8. The molecule has 2 aromatic carbocycles. The van der Waals surface area contributed by atoms with Crippen molar-refractivity contribution in [3.63, 3.8) is 0 Å². The van der Waals surface area contributed by atoms with Crippen LogP contribution in [-0.2, 0) is 16.1 Å². The summed E-state index contributed by atoms with van der Waals surface area (Å²) >= 11 is 9.23. The van der Waals surface area contributed by atoms with Crippen LogP contribution in [0.1, 0.15) is 34.0 Å². The van der Waals surface area contributed by atoms with Crippen LogP contribution in [0, 0.1) is 6.92 Å². The summed E-state index contributed by atoms with van der Waals surface area (Å²) in [5.41, 5.74) is 2.53. The Morgan fingerprint density at radius 3 is 2.86 bits per heavy atom. The number of carbonyl (C=O) groups excluding carboxylic acids is 2. The molecule has 8 heteroatoms. The van der Waals surface area contributed by atoms with E-state index in [1.165, 1.54) is 6.92 Å². The van der Waals surface area contributed by atoms with Gasteiger partial charge in [-0.25, -0.2) is 0 Å². The lowest BCUT2D eigenvalue weighted by molar-refractivity contribution is -0.133. The van der Waals surface area contributed by atoms with E-state index in [9.17, 15) is 9.59 Å². The fourth-order valence-corrected chi connectivity index (χ4v) is 3.69. The summed E-state index contributed by atoms with van der Waals surface area (Å²) in [6.45, 7) is 3.82. The average molecular weight is 480 g/mol. The molecule has 0 saturated carbocycles. The van der Waals surface area contributed by atoms with Crippen LogP contribution in [-0.4, -0.2) is 23.9 Å². The molecule has 0 spiro atoms. The van der Waals surface area contributed by atoms with Crippen LogP contribution in [0.5, 0.6) is 17.2 Å². The minimum absolute atomic E-state index is 0.146. The molecule has 0 bridgehead atoms. The molecule has 2 heterocycles. The van der Waals surface area contributed by atoms with Gasteiger partial charge in [0.1, 0.15) is 22.6 Å². The summed E-state index contributed by atoms with van der Waals surface area (Å²) in [4.78, 5) is 24.6. The van der Waals surface area contributed by atoms with Gasteiger partial charge in [-0.15, -0.1) is 11.6 Å². The smallest absolute Gasteiger partial charge is 0.329 e. The molecule has 0 radical (unpaired) electrons. The molecule has 0 saturated heterocycles. The Labute approximate surface area is 180 Å². The highest BCUT2D eigenvalue weighted by molar-refractivity contribution is 9.10. The Balaban J connectivity index is 1.70. The van der Waals surface area contributed by atoms with Crippen LogP contribution in [0.15, 0.2) is 34.5 Å². The van der Waals surface area contributed by atoms with Gasteiger partial charge in [0.25, 0.3) is 0 Å². The SMILES string of the molecule is Cc1c(OC(=O)C(C)Cl)ccc2c1O/C(=C\c1cc(Br)cc3c1OCOC3)C2=O. The number of hydrogen-bond donors (Lipinski definition) is 0. The average Bonchev–Trinajstić information content (AvgIpc) is 3.00. The first-order valence-corrected chi connectivity index (χ1v) is 10.0. The fraction of sp³-hybridized carbons (Fsp3) is 0.238. The summed E-state index contributed by atoms with van der Waals surface area (Å²) in [5, 5.41) is -0.785. The van der Waals surface area contributed by atoms with Gasteiger partial charge in [0, 0.05) is 21.2 Å². The molecule has 1 atom stereocenters. The maximum atomic E-state index is 12.8. The third-order valence-corrected chi connectivity index (χ3v) is 5.20. The number of carbonyl (C=O) groups is 2. The van der Waals surface area contributed by atoms with Crippen molar-refractivity contribution in [3.05, 3.63) is 56.8 Å². The predicted octanol–water partition coefficient (Wildman–Crippen LogP) is 4.77. The van der Waals surface area contributed by atoms with E-state index in [2.05, 4.69) is 15.9 Å². The molecule has 6 nitrogen and oxygen atoms in total. The zero-order valence-electron chi connectivity index (χ0n) is 15.6. The minimum atomic E-state index is -0.785. The summed E-state index contributed by atoms with van der Waals surface area (Å²) in [6, 6.07) is 6.90. The third-order valence-electron chi connectivity index (χ3n) is 4.56. The van der Waals surface area contributed by atoms with E-state index in [1.54, 1.807) is 25.1 Å². The van der Waals surface area contributed by atoms with Crippen molar-refractivity contribution in [1.29, 1.82) is 0 Å². The van der Waals surface area contributed by atoms with Crippen LogP contribution in [0.25, 0.3) is 6.08 Å². The molecule has 0 aromatic heterocycles. The first-order chi connectivity index (χ1) is 13.8. The zero-order chi connectivity index (χ0) is 20.7. The highest BCUT2D eigenvalue weighted by Crippen LogP contribution is 2.41. The molecular formula is C21H16BrClO6. The van der Waals surface area contributed by atoms with Crippen molar-refractivity contribution in [2.24, 2.45) is 0 Å². The standard InChI is InChI=1S/C21H16BrClO6/c1-10-16(29-21(25)11(2)23)4-3-15-18(24)17(28-19(10)15)7-12-5-14(22)6-13-8-26-9-27-20(12)13/h3-7,11H,8-9H2,1-2H3/b17-7-. The molecule has 0 aliphatic carbocycles. The van der Waals surface area contributed by atoms with Crippen molar-refractivity contribution < 1.29 is 28.5 Å². The molecule has 1 unspecified atom stereocenters. The van der Waals surface area contributed by atoms with E-state index in [0.717, 1.165) is 10.0 Å². The fourth-order valence-electron chi connectivity index (χ4n) is 3.13. The van der Waals surface area contributed by atoms with E-state index in [1.807, 2.05) is 12.1 Å². The van der Waals surface area contributed by atoms with Gasteiger partial charge >= 0.3 is 5.97 Å². The Kier molecular flexibility index (Phi) is 5.38. The molecular weight excluding hydrogens is 464 g/mol. The molecule has 2 aliphatic rings. The predicted molar refractivity (Wildman–Crippen MR) is 109 cm³/mol. The molecule has 29 heavy (non-hydrogen) atoms. The van der Waals surface area contributed by atoms with Crippen LogP contribution in [0.2, 0.25) is 0 Å². The number of ketones is 1. The van der Waals surface area contributed by atoms with Crippen molar-refractivity contribution in [2.75, 3.05) is 6.79 Å². The second kappa shape index (κ2) is 7.82. The number of allylic oxidation sites excluding steroid dienone is 1. The van der Waals surface area contributed by atoms with Gasteiger partial charge in [0.15, 0.2) is 12.6 Å². The van der Waals surface area contributed by atoms with Gasteiger partial charge in [-0.2, -0.15) is 0 Å². The number of hydrogen-bond acceptors (Lipinski definition) is 6. The lowest BCUT2D eigenvalue weighted by atomic mass is 10.0. The Hall–Kier alpha value is -2.35. The van der Waals surface area contributed by atoms with Gasteiger partial charge in [0.2, 0.25) is 5.78 Å². The summed E-state index contributed by atoms with van der Waals surface area (Å²) in [7, 11) is 0. The largest absolute Gasteiger partial charge is 0.467 e. The topological polar surface area (TPSA) is 71.1 Å². The third kappa shape index (κ3) is 3.77. The second-order valence-corrected chi connectivity index (χ2v) is 8.21. The van der Waals surface area contributed by atoms with Crippen molar-refractivity contribution >= 4 is 45.4 Å². The molecule has 0 N–H and O–H groups in total. The number of halogens is 2. The number of esters is 1. The van der Waals surface area contributed by atoms with Crippen molar-refractivity contribution in [2.45, 2.75) is 25.8 Å². The monoisotopic (exact) mass is 478 g/mol. The zero-order valence-corrected chi connectivity index (χ0v) is 17.9. The normalized spacial score (nSPS) is 17.2. The molecule has 0 fully saturated rings. The van der Waals surface area contributed by atoms with Gasteiger partial charge in [-0.3, -0.25) is 9.59 Å². The van der Waals surface area contributed by atoms with E-state index in [-0.39, 0.29) is 18.3 Å². The lowest BCUT2D eigenvalue weighted by Gasteiger charge is -2.20. The molecule has 4 rings (SSSR count). The van der Waals surface area contributed by atoms with E-state index in [0.29, 0.717) is 40.5 Å². The highest BCUT2D eigenvalue weighted by atomic mass is 79.9. The Morgan fingerprint density at radius 2 is 2.10 bits per heavy atom. The van der Waals surface area contributed by atoms with Crippen molar-refractivity contribution in [3.8, 4) is 17.2 Å². The molecule has 2 aromatic rings. The van der Waals surface area contributed by atoms with Gasteiger partial charge in [-0.1, -0.05) is 15.9 Å². The first-order valence-electron chi connectivity index (χ1n) is 8.81. The number of fused-ring (bicyclic) bond motifs is 2. The molecule has 0 amide bonds. The lowest BCUT2D eigenvalue weighted by Crippen LogP contribution is -2.18. The molecule has 150 valence electrons. The number of alkyl halides is 1. The number of Topliss-reactive ketones (excluding diaryl/α,β-unsaturated/α-hetero) is 1. The van der Waals surface area contributed by atoms with E-state index in [4.69, 9.17) is 30.5 Å². The van der Waals surface area contributed by atoms with Crippen LogP contribution in [0.4, 0.5) is 0 Å². The summed E-state index contributed by atoms with van der Waals surface area (Å²) in [5.74, 6) is 0.648. The highest BCUT2D eigenvalue weighted by Gasteiger charge is 2.31. The van der Waals surface area contributed by atoms with Gasteiger partial charge in [0.05, 0.1) is 12.2 Å². The van der Waals surface area contributed by atoms with Crippen LogP contribution >= 0.6 is 27.5 Å². The van der Waals surface area contributed by atoms with Crippen LogP contribution < -0.4 is 14.2 Å². The molecule has 2 aliphatic heterocycles. The van der Waals surface area contributed by atoms with Crippen molar-refractivity contribution in [1.82, 2.24) is 0 Å². The van der Waals surface area contributed by atoms with E-state index >= 15 is 0 Å². The van der Waals surface area contributed by atoms with Crippen LogP contribution in [0.3, 0.4) is 0 Å². The second-order valence-electron chi connectivity index (χ2n) is 6.64. The number of benzene rings is 2. The first kappa shape index (κ1) is 19.9. The maximum Gasteiger partial charge on any atom is 0.329 e. The van der Waals surface area contributed by atoms with Gasteiger partial charge in [-0.05, 0) is 44.2 Å². The summed E-state index contributed by atoms with van der Waals surface area (Å²) < 4.78 is 22.9. The summed E-state index contributed by atoms with van der Waals surface area (Å²) in [6.07, 6.45) is 1.64.